The van der Waals surface area contributed by atoms with Gasteiger partial charge in [-0.1, -0.05) is 6.07 Å². The smallest absolute Gasteiger partial charge is 0.260 e. The maximum absolute atomic E-state index is 13.1. The third kappa shape index (κ3) is 3.90. The van der Waals surface area contributed by atoms with E-state index in [-0.39, 0.29) is 5.91 Å². The number of anilines is 1. The number of hydrogen-bond acceptors (Lipinski definition) is 4. The Balaban J connectivity index is 1.75. The van der Waals surface area contributed by atoms with Gasteiger partial charge in [0.1, 0.15) is 17.3 Å². The van der Waals surface area contributed by atoms with Crippen LogP contribution < -0.4 is 10.1 Å². The Labute approximate surface area is 175 Å². The Morgan fingerprint density at radius 1 is 1.23 bits per heavy atom. The van der Waals surface area contributed by atoms with Gasteiger partial charge in [-0.25, -0.2) is 16.5 Å². The van der Waals surface area contributed by atoms with Crippen LogP contribution in [0.3, 0.4) is 0 Å². The SMILES string of the molecule is [C-]#[N+]C(C)(C)c1ccc2c(c1)C(=O)Nc1cccc(n1)-c1nccn1CCCCO2. The average Bonchev–Trinajstić information content (AvgIpc) is 3.21. The monoisotopic (exact) mass is 401 g/mol. The molecule has 152 valence electrons. The number of aromatic nitrogens is 3. The molecule has 0 saturated heterocycles. The molecule has 7 heteroatoms. The zero-order valence-corrected chi connectivity index (χ0v) is 17.1. The third-order valence-electron chi connectivity index (χ3n) is 5.20. The van der Waals surface area contributed by atoms with Crippen LogP contribution in [0.15, 0.2) is 48.8 Å². The summed E-state index contributed by atoms with van der Waals surface area (Å²) in [6, 6.07) is 10.8. The van der Waals surface area contributed by atoms with Crippen LogP contribution in [-0.2, 0) is 12.1 Å². The molecule has 0 atom stereocenters. The van der Waals surface area contributed by atoms with Gasteiger partial charge in [0.15, 0.2) is 5.82 Å². The highest BCUT2D eigenvalue weighted by Gasteiger charge is 2.28. The largest absolute Gasteiger partial charge is 0.493 e. The molecule has 1 amide bonds. The first-order chi connectivity index (χ1) is 14.5. The molecule has 4 rings (SSSR count). The number of nitrogens with zero attached hydrogens (tertiary/aromatic N) is 4. The minimum Gasteiger partial charge on any atom is -0.493 e. The first kappa shape index (κ1) is 19.6. The molecule has 0 saturated carbocycles. The third-order valence-corrected chi connectivity index (χ3v) is 5.20. The summed E-state index contributed by atoms with van der Waals surface area (Å²) in [5.41, 5.74) is 1.13. The summed E-state index contributed by atoms with van der Waals surface area (Å²) in [5.74, 6) is 1.39. The van der Waals surface area contributed by atoms with Crippen molar-refractivity contribution < 1.29 is 9.53 Å². The summed E-state index contributed by atoms with van der Waals surface area (Å²) in [7, 11) is 0. The molecule has 7 nitrogen and oxygen atoms in total. The molecule has 3 aromatic rings. The Bertz CT molecular complexity index is 1130. The highest BCUT2D eigenvalue weighted by Crippen LogP contribution is 2.30. The van der Waals surface area contributed by atoms with Crippen LogP contribution in [0.25, 0.3) is 16.4 Å². The first-order valence-electron chi connectivity index (χ1n) is 9.94. The maximum Gasteiger partial charge on any atom is 0.260 e. The lowest BCUT2D eigenvalue weighted by Crippen LogP contribution is -2.18. The lowest BCUT2D eigenvalue weighted by molar-refractivity contribution is 0.102. The highest BCUT2D eigenvalue weighted by molar-refractivity contribution is 6.06. The van der Waals surface area contributed by atoms with Gasteiger partial charge in [0, 0.05) is 38.3 Å². The van der Waals surface area contributed by atoms with Crippen molar-refractivity contribution >= 4 is 11.7 Å². The molecule has 1 aromatic carbocycles. The van der Waals surface area contributed by atoms with E-state index in [1.165, 1.54) is 0 Å². The normalized spacial score (nSPS) is 14.4. The Morgan fingerprint density at radius 3 is 2.93 bits per heavy atom. The molecule has 0 radical (unpaired) electrons. The van der Waals surface area contributed by atoms with Crippen LogP contribution in [0.5, 0.6) is 5.75 Å². The molecule has 2 aromatic heterocycles. The van der Waals surface area contributed by atoms with Gasteiger partial charge in [-0.15, -0.1) is 0 Å². The van der Waals surface area contributed by atoms with E-state index in [1.54, 1.807) is 24.4 Å². The molecule has 2 bridgehead atoms. The standard InChI is InChI=1S/C23H23N5O2/c1-23(2,24-3)16-9-10-19-17(15-16)22(29)27-20-8-6-7-18(26-20)21-25-11-13-28(21)12-4-5-14-30-19/h6-11,13,15H,4-5,12,14H2,1-2H3,(H,26,27,29). The number of rotatable bonds is 1. The highest BCUT2D eigenvalue weighted by atomic mass is 16.5. The van der Waals surface area contributed by atoms with Crippen LogP contribution in [0.4, 0.5) is 5.82 Å². The summed E-state index contributed by atoms with van der Waals surface area (Å²) in [5, 5.41) is 2.87. The maximum atomic E-state index is 13.1. The topological polar surface area (TPSA) is 73.4 Å². The molecule has 0 unspecified atom stereocenters. The van der Waals surface area contributed by atoms with Gasteiger partial charge in [0.2, 0.25) is 0 Å². The average molecular weight is 401 g/mol. The van der Waals surface area contributed by atoms with E-state index in [0.29, 0.717) is 29.4 Å². The number of ether oxygens (including phenoxy) is 1. The van der Waals surface area contributed by atoms with Crippen LogP contribution >= 0.6 is 0 Å². The molecule has 30 heavy (non-hydrogen) atoms. The number of carbonyl (C=O) groups is 1. The number of nitrogens with one attached hydrogen (secondary N) is 1. The van der Waals surface area contributed by atoms with Crippen molar-refractivity contribution in [1.29, 1.82) is 0 Å². The molecule has 0 fully saturated rings. The van der Waals surface area contributed by atoms with Crippen LogP contribution in [-0.4, -0.2) is 27.0 Å². The summed E-state index contributed by atoms with van der Waals surface area (Å²) >= 11 is 0. The minimum absolute atomic E-state index is 0.322. The summed E-state index contributed by atoms with van der Waals surface area (Å²) < 4.78 is 8.01. The van der Waals surface area contributed by atoms with Crippen molar-refractivity contribution in [3.63, 3.8) is 0 Å². The van der Waals surface area contributed by atoms with Gasteiger partial charge in [0.25, 0.3) is 11.4 Å². The van der Waals surface area contributed by atoms with Crippen LogP contribution in [0.1, 0.15) is 42.6 Å². The molecule has 3 heterocycles. The Kier molecular flexibility index (Phi) is 5.23. The quantitative estimate of drug-likeness (QED) is 0.608. The van der Waals surface area contributed by atoms with E-state index in [9.17, 15) is 4.79 Å². The van der Waals surface area contributed by atoms with Crippen molar-refractivity contribution in [2.75, 3.05) is 11.9 Å². The predicted molar refractivity (Wildman–Crippen MR) is 114 cm³/mol. The van der Waals surface area contributed by atoms with Gasteiger partial charge in [-0.2, -0.15) is 0 Å². The molecule has 1 N–H and O–H groups in total. The fourth-order valence-corrected chi connectivity index (χ4v) is 3.38. The number of pyridine rings is 1. The number of carbonyl (C=O) groups excluding carboxylic acids is 1. The van der Waals surface area contributed by atoms with Gasteiger partial charge < -0.3 is 19.5 Å². The summed E-state index contributed by atoms with van der Waals surface area (Å²) in [6.07, 6.45) is 5.44. The van der Waals surface area contributed by atoms with E-state index in [2.05, 4.69) is 24.7 Å². The van der Waals surface area contributed by atoms with Crippen molar-refractivity contribution in [2.45, 2.75) is 38.8 Å². The van der Waals surface area contributed by atoms with Crippen molar-refractivity contribution in [1.82, 2.24) is 14.5 Å². The van der Waals surface area contributed by atoms with Gasteiger partial charge in [-0.05, 0) is 43.2 Å². The van der Waals surface area contributed by atoms with Crippen molar-refractivity contribution in [3.8, 4) is 17.3 Å². The summed E-state index contributed by atoms with van der Waals surface area (Å²) in [4.78, 5) is 25.8. The van der Waals surface area contributed by atoms with Crippen LogP contribution in [0, 0.1) is 6.57 Å². The summed E-state index contributed by atoms with van der Waals surface area (Å²) in [6.45, 7) is 12.4. The Hall–Kier alpha value is -3.66. The zero-order chi connectivity index (χ0) is 21.1. The molecule has 1 aliphatic rings. The second-order valence-electron chi connectivity index (χ2n) is 7.74. The zero-order valence-electron chi connectivity index (χ0n) is 17.1. The lowest BCUT2D eigenvalue weighted by atomic mass is 9.93. The second-order valence-corrected chi connectivity index (χ2v) is 7.74. The number of benzene rings is 1. The van der Waals surface area contributed by atoms with E-state index < -0.39 is 5.54 Å². The minimum atomic E-state index is -0.733. The van der Waals surface area contributed by atoms with Gasteiger partial charge >= 0.3 is 0 Å². The number of aryl methyl sites for hydroxylation is 1. The number of hydrogen-bond donors (Lipinski definition) is 1. The molecule has 0 spiro atoms. The lowest BCUT2D eigenvalue weighted by Gasteiger charge is -2.17. The molecule has 1 aliphatic heterocycles. The van der Waals surface area contributed by atoms with Gasteiger partial charge in [0.05, 0.1) is 12.2 Å². The van der Waals surface area contributed by atoms with E-state index in [1.807, 2.05) is 38.2 Å². The fourth-order valence-electron chi connectivity index (χ4n) is 3.38. The Morgan fingerprint density at radius 2 is 2.10 bits per heavy atom. The van der Waals surface area contributed by atoms with Crippen molar-refractivity contribution in [3.05, 3.63) is 71.3 Å². The number of fused-ring (bicyclic) bond motifs is 5. The predicted octanol–water partition coefficient (Wildman–Crippen LogP) is 4.52. The van der Waals surface area contributed by atoms with E-state index in [0.717, 1.165) is 30.8 Å². The first-order valence-corrected chi connectivity index (χ1v) is 9.94. The molecular weight excluding hydrogens is 378 g/mol. The second kappa shape index (κ2) is 7.99. The number of imidazole rings is 1. The van der Waals surface area contributed by atoms with Crippen molar-refractivity contribution in [2.24, 2.45) is 0 Å². The van der Waals surface area contributed by atoms with E-state index in [4.69, 9.17) is 11.3 Å². The molecular formula is C23H23N5O2. The van der Waals surface area contributed by atoms with Crippen LogP contribution in [0.2, 0.25) is 0 Å². The number of amides is 1. The van der Waals surface area contributed by atoms with E-state index >= 15 is 0 Å². The van der Waals surface area contributed by atoms with Gasteiger partial charge in [-0.3, -0.25) is 4.79 Å². The fraction of sp³-hybridized carbons (Fsp3) is 0.304. The molecule has 0 aliphatic carbocycles.